The van der Waals surface area contributed by atoms with E-state index in [0.717, 1.165) is 17.7 Å². The minimum absolute atomic E-state index is 0.0920. The molecule has 0 aliphatic carbocycles. The average Bonchev–Trinajstić information content (AvgIpc) is 3.20. The highest BCUT2D eigenvalue weighted by atomic mass is 16.5. The van der Waals surface area contributed by atoms with Crippen LogP contribution in [0.15, 0.2) is 48.5 Å². The van der Waals surface area contributed by atoms with E-state index >= 15 is 0 Å². The summed E-state index contributed by atoms with van der Waals surface area (Å²) < 4.78 is 15.8. The number of ether oxygens (including phenoxy) is 3. The van der Waals surface area contributed by atoms with Crippen LogP contribution in [0, 0.1) is 11.3 Å². The number of benzene rings is 2. The molecule has 3 rings (SSSR count). The number of rotatable bonds is 7. The van der Waals surface area contributed by atoms with Crippen molar-refractivity contribution < 1.29 is 23.8 Å². The molecule has 7 nitrogen and oxygen atoms in total. The van der Waals surface area contributed by atoms with Crippen LogP contribution in [0.25, 0.3) is 6.08 Å². The van der Waals surface area contributed by atoms with Gasteiger partial charge in [0.15, 0.2) is 24.2 Å². The maximum absolute atomic E-state index is 12.7. The lowest BCUT2D eigenvalue weighted by atomic mass is 10.2. The van der Waals surface area contributed by atoms with Gasteiger partial charge in [0.25, 0.3) is 5.91 Å². The lowest BCUT2D eigenvalue weighted by Crippen LogP contribution is -2.38. The molecule has 154 valence electrons. The van der Waals surface area contributed by atoms with Crippen molar-refractivity contribution in [2.24, 2.45) is 0 Å². The van der Waals surface area contributed by atoms with Crippen molar-refractivity contribution in [1.29, 1.82) is 5.26 Å². The van der Waals surface area contributed by atoms with E-state index in [1.165, 1.54) is 13.2 Å². The topological polar surface area (TPSA) is 88.9 Å². The molecule has 0 radical (unpaired) electrons. The standard InChI is InChI=1S/C23H22N2O5/c1-16(23(27)25-13-11-18-5-3-4-6-19(18)25)30-22(26)10-8-17-7-9-20(29-14-12-24)21(15-17)28-2/h3-10,15-16H,11,13-14H2,1-2H3/b10-8+/t16-/m0/s1. The van der Waals surface area contributed by atoms with Crippen LogP contribution in [-0.4, -0.2) is 38.2 Å². The van der Waals surface area contributed by atoms with E-state index in [-0.39, 0.29) is 12.5 Å². The first-order valence-corrected chi connectivity index (χ1v) is 9.49. The third kappa shape index (κ3) is 4.78. The third-order valence-electron chi connectivity index (χ3n) is 4.69. The normalized spacial score (nSPS) is 13.4. The molecule has 0 saturated carbocycles. The number of methoxy groups -OCH3 is 1. The fraction of sp³-hybridized carbons (Fsp3) is 0.261. The number of carbonyl (C=O) groups excluding carboxylic acids is 2. The molecule has 7 heteroatoms. The smallest absolute Gasteiger partial charge is 0.331 e. The fourth-order valence-electron chi connectivity index (χ4n) is 3.23. The molecule has 0 unspecified atom stereocenters. The Morgan fingerprint density at radius 3 is 2.80 bits per heavy atom. The zero-order valence-corrected chi connectivity index (χ0v) is 16.8. The maximum atomic E-state index is 12.7. The molecular weight excluding hydrogens is 384 g/mol. The average molecular weight is 406 g/mol. The second kappa shape index (κ2) is 9.61. The number of nitriles is 1. The first-order valence-electron chi connectivity index (χ1n) is 9.49. The summed E-state index contributed by atoms with van der Waals surface area (Å²) >= 11 is 0. The van der Waals surface area contributed by atoms with Crippen molar-refractivity contribution in [1.82, 2.24) is 0 Å². The van der Waals surface area contributed by atoms with Crippen LogP contribution in [0.1, 0.15) is 18.1 Å². The lowest BCUT2D eigenvalue weighted by molar-refractivity contribution is -0.149. The Labute approximate surface area is 175 Å². The number of anilines is 1. The Kier molecular flexibility index (Phi) is 6.71. The van der Waals surface area contributed by atoms with E-state index < -0.39 is 12.1 Å². The third-order valence-corrected chi connectivity index (χ3v) is 4.69. The van der Waals surface area contributed by atoms with Crippen LogP contribution in [0.5, 0.6) is 11.5 Å². The summed E-state index contributed by atoms with van der Waals surface area (Å²) in [5.74, 6) is 0.00960. The molecule has 1 aliphatic heterocycles. The van der Waals surface area contributed by atoms with E-state index in [9.17, 15) is 9.59 Å². The van der Waals surface area contributed by atoms with E-state index in [0.29, 0.717) is 23.6 Å². The van der Waals surface area contributed by atoms with Crippen LogP contribution >= 0.6 is 0 Å². The van der Waals surface area contributed by atoms with Gasteiger partial charge < -0.3 is 19.1 Å². The highest BCUT2D eigenvalue weighted by molar-refractivity contribution is 6.00. The number of hydrogen-bond acceptors (Lipinski definition) is 6. The molecule has 2 aromatic carbocycles. The van der Waals surface area contributed by atoms with Crippen molar-refractivity contribution >= 4 is 23.6 Å². The Morgan fingerprint density at radius 2 is 2.03 bits per heavy atom. The van der Waals surface area contributed by atoms with Gasteiger partial charge in [-0.2, -0.15) is 5.26 Å². The molecule has 0 N–H and O–H groups in total. The summed E-state index contributed by atoms with van der Waals surface area (Å²) in [7, 11) is 1.49. The second-order valence-corrected chi connectivity index (χ2v) is 6.64. The quantitative estimate of drug-likeness (QED) is 0.518. The number of carbonyl (C=O) groups is 2. The van der Waals surface area contributed by atoms with Crippen LogP contribution in [-0.2, 0) is 20.7 Å². The number of fused-ring (bicyclic) bond motifs is 1. The number of para-hydroxylation sites is 1. The van der Waals surface area contributed by atoms with Gasteiger partial charge in [0, 0.05) is 18.3 Å². The van der Waals surface area contributed by atoms with E-state index in [1.54, 1.807) is 36.1 Å². The summed E-state index contributed by atoms with van der Waals surface area (Å²) in [6.07, 6.45) is 2.70. The summed E-state index contributed by atoms with van der Waals surface area (Å²) in [6, 6.07) is 14.6. The summed E-state index contributed by atoms with van der Waals surface area (Å²) in [5.41, 5.74) is 2.66. The van der Waals surface area contributed by atoms with Gasteiger partial charge in [-0.05, 0) is 48.7 Å². The lowest BCUT2D eigenvalue weighted by Gasteiger charge is -2.21. The molecule has 0 saturated heterocycles. The minimum atomic E-state index is -0.899. The molecule has 1 heterocycles. The van der Waals surface area contributed by atoms with Crippen LogP contribution in [0.4, 0.5) is 5.69 Å². The van der Waals surface area contributed by atoms with Crippen molar-refractivity contribution in [3.05, 3.63) is 59.7 Å². The second-order valence-electron chi connectivity index (χ2n) is 6.64. The minimum Gasteiger partial charge on any atom is -0.493 e. The fourth-order valence-corrected chi connectivity index (χ4v) is 3.23. The van der Waals surface area contributed by atoms with Gasteiger partial charge in [0.1, 0.15) is 6.07 Å². The van der Waals surface area contributed by atoms with Gasteiger partial charge in [-0.3, -0.25) is 4.79 Å². The molecule has 1 aliphatic rings. The number of hydrogen-bond donors (Lipinski definition) is 0. The number of nitrogens with zero attached hydrogens (tertiary/aromatic N) is 2. The highest BCUT2D eigenvalue weighted by Crippen LogP contribution is 2.29. The molecule has 30 heavy (non-hydrogen) atoms. The van der Waals surface area contributed by atoms with Crippen LogP contribution < -0.4 is 14.4 Å². The van der Waals surface area contributed by atoms with E-state index in [1.807, 2.05) is 30.3 Å². The SMILES string of the molecule is COc1cc(/C=C/C(=O)O[C@@H](C)C(=O)N2CCc3ccccc32)ccc1OCC#N. The summed E-state index contributed by atoms with van der Waals surface area (Å²) in [4.78, 5) is 26.5. The predicted molar refractivity (Wildman–Crippen MR) is 111 cm³/mol. The Bertz CT molecular complexity index is 1010. The Morgan fingerprint density at radius 1 is 1.23 bits per heavy atom. The largest absolute Gasteiger partial charge is 0.493 e. The Balaban J connectivity index is 1.60. The van der Waals surface area contributed by atoms with Crippen molar-refractivity contribution in [2.45, 2.75) is 19.4 Å². The van der Waals surface area contributed by atoms with Crippen LogP contribution in [0.3, 0.4) is 0 Å². The molecule has 1 atom stereocenters. The predicted octanol–water partition coefficient (Wildman–Crippen LogP) is 3.13. The van der Waals surface area contributed by atoms with Gasteiger partial charge in [-0.1, -0.05) is 24.3 Å². The van der Waals surface area contributed by atoms with Gasteiger partial charge in [-0.15, -0.1) is 0 Å². The maximum Gasteiger partial charge on any atom is 0.331 e. The molecule has 0 aromatic heterocycles. The van der Waals surface area contributed by atoms with Gasteiger partial charge >= 0.3 is 5.97 Å². The molecule has 0 bridgehead atoms. The molecule has 0 spiro atoms. The summed E-state index contributed by atoms with van der Waals surface area (Å²) in [5, 5.41) is 8.61. The van der Waals surface area contributed by atoms with Crippen LogP contribution in [0.2, 0.25) is 0 Å². The number of esters is 1. The first-order chi connectivity index (χ1) is 14.5. The molecule has 2 aromatic rings. The zero-order chi connectivity index (χ0) is 21.5. The molecular formula is C23H22N2O5. The number of amides is 1. The van der Waals surface area contributed by atoms with E-state index in [4.69, 9.17) is 19.5 Å². The highest BCUT2D eigenvalue weighted by Gasteiger charge is 2.29. The summed E-state index contributed by atoms with van der Waals surface area (Å²) in [6.45, 7) is 2.06. The zero-order valence-electron chi connectivity index (χ0n) is 16.8. The molecule has 1 amide bonds. The van der Waals surface area contributed by atoms with Crippen molar-refractivity contribution in [2.75, 3.05) is 25.2 Å². The van der Waals surface area contributed by atoms with E-state index in [2.05, 4.69) is 0 Å². The first kappa shape index (κ1) is 20.9. The Hall–Kier alpha value is -3.79. The molecule has 0 fully saturated rings. The van der Waals surface area contributed by atoms with Crippen molar-refractivity contribution in [3.63, 3.8) is 0 Å². The van der Waals surface area contributed by atoms with Gasteiger partial charge in [0.2, 0.25) is 0 Å². The van der Waals surface area contributed by atoms with Gasteiger partial charge in [0.05, 0.1) is 7.11 Å². The van der Waals surface area contributed by atoms with Crippen molar-refractivity contribution in [3.8, 4) is 17.6 Å². The van der Waals surface area contributed by atoms with Gasteiger partial charge in [-0.25, -0.2) is 4.79 Å². The monoisotopic (exact) mass is 406 g/mol.